The maximum atomic E-state index is 13.4. The van der Waals surface area contributed by atoms with Gasteiger partial charge in [0.05, 0.1) is 5.56 Å². The van der Waals surface area contributed by atoms with E-state index >= 15 is 0 Å². The molecular weight excluding hydrogens is 229 g/mol. The second-order valence-corrected chi connectivity index (χ2v) is 4.15. The summed E-state index contributed by atoms with van der Waals surface area (Å²) < 4.78 is 13.4. The van der Waals surface area contributed by atoms with Crippen LogP contribution < -0.4 is 5.32 Å². The monoisotopic (exact) mass is 243 g/mol. The number of amides is 1. The summed E-state index contributed by atoms with van der Waals surface area (Å²) in [6, 6.07) is 13.8. The number of nitrogens with one attached hydrogen (secondary N) is 1. The van der Waals surface area contributed by atoms with E-state index in [-0.39, 0.29) is 5.56 Å². The van der Waals surface area contributed by atoms with Crippen LogP contribution in [0, 0.1) is 12.7 Å². The number of aryl methyl sites for hydroxylation is 1. The van der Waals surface area contributed by atoms with Gasteiger partial charge in [-0.05, 0) is 24.6 Å². The first-order valence-corrected chi connectivity index (χ1v) is 5.75. The molecule has 0 atom stereocenters. The molecule has 1 amide bonds. The fourth-order valence-corrected chi connectivity index (χ4v) is 1.75. The molecule has 0 bridgehead atoms. The molecule has 2 rings (SSSR count). The van der Waals surface area contributed by atoms with Crippen LogP contribution in [0.3, 0.4) is 0 Å². The molecule has 0 fully saturated rings. The Morgan fingerprint density at radius 1 is 1.17 bits per heavy atom. The lowest BCUT2D eigenvalue weighted by Crippen LogP contribution is -2.23. The SMILES string of the molecule is Cc1cccc(CNC(=O)c2ccccc2F)c1. The van der Waals surface area contributed by atoms with Crippen molar-refractivity contribution in [2.24, 2.45) is 0 Å². The molecule has 0 saturated carbocycles. The van der Waals surface area contributed by atoms with E-state index in [4.69, 9.17) is 0 Å². The number of rotatable bonds is 3. The van der Waals surface area contributed by atoms with Crippen molar-refractivity contribution in [2.75, 3.05) is 0 Å². The Hall–Kier alpha value is -2.16. The summed E-state index contributed by atoms with van der Waals surface area (Å²) in [5.74, 6) is -0.895. The van der Waals surface area contributed by atoms with Gasteiger partial charge in [0.1, 0.15) is 5.82 Å². The average molecular weight is 243 g/mol. The molecule has 2 aromatic carbocycles. The summed E-state index contributed by atoms with van der Waals surface area (Å²) in [4.78, 5) is 11.8. The highest BCUT2D eigenvalue weighted by atomic mass is 19.1. The fraction of sp³-hybridized carbons (Fsp3) is 0.133. The summed E-state index contributed by atoms with van der Waals surface area (Å²) in [6.07, 6.45) is 0. The van der Waals surface area contributed by atoms with Gasteiger partial charge in [-0.25, -0.2) is 4.39 Å². The summed E-state index contributed by atoms with van der Waals surface area (Å²) in [5.41, 5.74) is 2.21. The Labute approximate surface area is 105 Å². The lowest BCUT2D eigenvalue weighted by molar-refractivity contribution is 0.0947. The second-order valence-electron chi connectivity index (χ2n) is 4.15. The molecule has 0 aromatic heterocycles. The zero-order valence-corrected chi connectivity index (χ0v) is 10.1. The highest BCUT2D eigenvalue weighted by Gasteiger charge is 2.09. The fourth-order valence-electron chi connectivity index (χ4n) is 1.75. The standard InChI is InChI=1S/C15H14FNO/c1-11-5-4-6-12(9-11)10-17-15(18)13-7-2-3-8-14(13)16/h2-9H,10H2,1H3,(H,17,18). The van der Waals surface area contributed by atoms with Gasteiger partial charge in [-0.3, -0.25) is 4.79 Å². The largest absolute Gasteiger partial charge is 0.348 e. The van der Waals surface area contributed by atoms with Gasteiger partial charge >= 0.3 is 0 Å². The average Bonchev–Trinajstić information content (AvgIpc) is 2.37. The minimum atomic E-state index is -0.501. The zero-order chi connectivity index (χ0) is 13.0. The Morgan fingerprint density at radius 2 is 1.94 bits per heavy atom. The number of carbonyl (C=O) groups is 1. The highest BCUT2D eigenvalue weighted by Crippen LogP contribution is 2.07. The van der Waals surface area contributed by atoms with Crippen LogP contribution in [0.15, 0.2) is 48.5 Å². The molecule has 1 N–H and O–H groups in total. The van der Waals surface area contributed by atoms with Gasteiger partial charge < -0.3 is 5.32 Å². The first kappa shape index (κ1) is 12.3. The summed E-state index contributed by atoms with van der Waals surface area (Å²) in [6.45, 7) is 2.39. The molecule has 0 unspecified atom stereocenters. The van der Waals surface area contributed by atoms with Crippen LogP contribution in [-0.4, -0.2) is 5.91 Å². The number of halogens is 1. The summed E-state index contributed by atoms with van der Waals surface area (Å²) >= 11 is 0. The minimum Gasteiger partial charge on any atom is -0.348 e. The zero-order valence-electron chi connectivity index (χ0n) is 10.1. The van der Waals surface area contributed by atoms with E-state index < -0.39 is 11.7 Å². The molecule has 0 heterocycles. The molecule has 3 heteroatoms. The smallest absolute Gasteiger partial charge is 0.254 e. The quantitative estimate of drug-likeness (QED) is 0.882. The summed E-state index contributed by atoms with van der Waals surface area (Å²) in [5, 5.41) is 2.70. The summed E-state index contributed by atoms with van der Waals surface area (Å²) in [7, 11) is 0. The molecule has 0 aliphatic heterocycles. The van der Waals surface area contributed by atoms with Gasteiger partial charge in [-0.1, -0.05) is 42.0 Å². The van der Waals surface area contributed by atoms with Gasteiger partial charge in [0.25, 0.3) is 5.91 Å². The van der Waals surface area contributed by atoms with Crippen molar-refractivity contribution in [3.63, 3.8) is 0 Å². The maximum Gasteiger partial charge on any atom is 0.254 e. The Kier molecular flexibility index (Phi) is 3.72. The van der Waals surface area contributed by atoms with E-state index in [0.717, 1.165) is 11.1 Å². The molecule has 18 heavy (non-hydrogen) atoms. The van der Waals surface area contributed by atoms with E-state index in [2.05, 4.69) is 5.32 Å². The predicted molar refractivity (Wildman–Crippen MR) is 68.7 cm³/mol. The molecule has 2 aromatic rings. The van der Waals surface area contributed by atoms with Crippen molar-refractivity contribution in [1.29, 1.82) is 0 Å². The van der Waals surface area contributed by atoms with Gasteiger partial charge in [0.2, 0.25) is 0 Å². The molecule has 92 valence electrons. The van der Waals surface area contributed by atoms with Crippen molar-refractivity contribution < 1.29 is 9.18 Å². The van der Waals surface area contributed by atoms with E-state index in [1.165, 1.54) is 12.1 Å². The van der Waals surface area contributed by atoms with Gasteiger partial charge in [0, 0.05) is 6.54 Å². The van der Waals surface area contributed by atoms with E-state index in [9.17, 15) is 9.18 Å². The van der Waals surface area contributed by atoms with Gasteiger partial charge in [-0.15, -0.1) is 0 Å². The molecule has 2 nitrogen and oxygen atoms in total. The highest BCUT2D eigenvalue weighted by molar-refractivity contribution is 5.94. The second kappa shape index (κ2) is 5.45. The lowest BCUT2D eigenvalue weighted by atomic mass is 10.1. The number of benzene rings is 2. The minimum absolute atomic E-state index is 0.0742. The van der Waals surface area contributed by atoms with Crippen molar-refractivity contribution >= 4 is 5.91 Å². The van der Waals surface area contributed by atoms with Crippen molar-refractivity contribution in [1.82, 2.24) is 5.32 Å². The maximum absolute atomic E-state index is 13.4. The van der Waals surface area contributed by atoms with Crippen LogP contribution in [0.5, 0.6) is 0 Å². The third kappa shape index (κ3) is 2.94. The Balaban J connectivity index is 2.03. The molecule has 0 saturated heterocycles. The molecule has 0 spiro atoms. The van der Waals surface area contributed by atoms with Crippen molar-refractivity contribution in [3.8, 4) is 0 Å². The number of hydrogen-bond acceptors (Lipinski definition) is 1. The van der Waals surface area contributed by atoms with E-state index in [1.54, 1.807) is 12.1 Å². The topological polar surface area (TPSA) is 29.1 Å². The Bertz CT molecular complexity index is 566. The Morgan fingerprint density at radius 3 is 2.67 bits per heavy atom. The number of carbonyl (C=O) groups excluding carboxylic acids is 1. The van der Waals surface area contributed by atoms with Crippen LogP contribution >= 0.6 is 0 Å². The van der Waals surface area contributed by atoms with Crippen LogP contribution in [0.25, 0.3) is 0 Å². The first-order valence-electron chi connectivity index (χ1n) is 5.75. The normalized spacial score (nSPS) is 10.1. The molecule has 0 aliphatic rings. The van der Waals surface area contributed by atoms with Crippen LogP contribution in [-0.2, 0) is 6.54 Å². The van der Waals surface area contributed by atoms with Crippen LogP contribution in [0.2, 0.25) is 0 Å². The lowest BCUT2D eigenvalue weighted by Gasteiger charge is -2.06. The molecule has 0 radical (unpaired) electrons. The molecular formula is C15H14FNO. The van der Waals surface area contributed by atoms with Crippen LogP contribution in [0.4, 0.5) is 4.39 Å². The van der Waals surface area contributed by atoms with E-state index in [1.807, 2.05) is 31.2 Å². The van der Waals surface area contributed by atoms with Gasteiger partial charge in [0.15, 0.2) is 0 Å². The first-order chi connectivity index (χ1) is 8.66. The van der Waals surface area contributed by atoms with Gasteiger partial charge in [-0.2, -0.15) is 0 Å². The molecule has 0 aliphatic carbocycles. The number of hydrogen-bond donors (Lipinski definition) is 1. The third-order valence-electron chi connectivity index (χ3n) is 2.65. The van der Waals surface area contributed by atoms with E-state index in [0.29, 0.717) is 6.54 Å². The third-order valence-corrected chi connectivity index (χ3v) is 2.65. The van der Waals surface area contributed by atoms with Crippen LogP contribution in [0.1, 0.15) is 21.5 Å². The predicted octanol–water partition coefficient (Wildman–Crippen LogP) is 3.06. The van der Waals surface area contributed by atoms with Crippen molar-refractivity contribution in [3.05, 3.63) is 71.0 Å². The van der Waals surface area contributed by atoms with Crippen molar-refractivity contribution in [2.45, 2.75) is 13.5 Å².